The Morgan fingerprint density at radius 1 is 0.556 bits per heavy atom. The van der Waals surface area contributed by atoms with Crippen molar-refractivity contribution in [1.82, 2.24) is 0 Å². The Morgan fingerprint density at radius 2 is 0.978 bits per heavy atom. The molecule has 3 atom stereocenters. The van der Waals surface area contributed by atoms with E-state index in [9.17, 15) is 0 Å². The second kappa shape index (κ2) is 28.2. The molecule has 0 amide bonds. The van der Waals surface area contributed by atoms with E-state index < -0.39 is 8.80 Å². The fourth-order valence-electron chi connectivity index (χ4n) is 7.74. The molecule has 2 aliphatic rings. The standard InChI is InChI=1S/C37H74O3S4Si/c1-5-9-10-11-12-13-14-15-16-17-18-19-20-21-22-23-24-25-26-27-28-29-32-41-43-44-42-37-31-30-35(34-37)33-36(37)45(38-6-2,39-7-3)40-8-4/h35-36H,5-34H2,1-4H3. The highest BCUT2D eigenvalue weighted by Crippen LogP contribution is 2.68. The molecule has 0 heterocycles. The highest BCUT2D eigenvalue weighted by Gasteiger charge is 2.65. The van der Waals surface area contributed by atoms with Gasteiger partial charge in [-0.05, 0) is 78.4 Å². The molecular weight excluding hydrogens is 649 g/mol. The molecule has 0 N–H and O–H groups in total. The summed E-state index contributed by atoms with van der Waals surface area (Å²) < 4.78 is 19.5. The third kappa shape index (κ3) is 17.8. The molecule has 3 nitrogen and oxygen atoms in total. The van der Waals surface area contributed by atoms with Crippen LogP contribution in [0.25, 0.3) is 0 Å². The molecule has 0 spiro atoms. The monoisotopic (exact) mass is 722 g/mol. The van der Waals surface area contributed by atoms with Gasteiger partial charge in [0, 0.05) is 35.9 Å². The summed E-state index contributed by atoms with van der Waals surface area (Å²) in [5.41, 5.74) is 0.450. The molecule has 0 saturated heterocycles. The lowest BCUT2D eigenvalue weighted by Crippen LogP contribution is -2.55. The summed E-state index contributed by atoms with van der Waals surface area (Å²) in [6, 6.07) is 0. The summed E-state index contributed by atoms with van der Waals surface area (Å²) in [4.78, 5) is 0. The quantitative estimate of drug-likeness (QED) is 0.0371. The van der Waals surface area contributed by atoms with E-state index in [0.29, 0.717) is 25.4 Å². The Bertz CT molecular complexity index is 659. The van der Waals surface area contributed by atoms with Crippen molar-refractivity contribution in [2.45, 2.75) is 205 Å². The van der Waals surface area contributed by atoms with Crippen LogP contribution >= 0.6 is 41.2 Å². The minimum absolute atomic E-state index is 0.279. The topological polar surface area (TPSA) is 27.7 Å². The second-order valence-corrected chi connectivity index (χ2v) is 23.0. The maximum Gasteiger partial charge on any atom is 0.505 e. The molecule has 268 valence electrons. The predicted molar refractivity (Wildman–Crippen MR) is 212 cm³/mol. The van der Waals surface area contributed by atoms with Crippen LogP contribution in [0.5, 0.6) is 0 Å². The largest absolute Gasteiger partial charge is 0.505 e. The average molecular weight is 723 g/mol. The van der Waals surface area contributed by atoms with Crippen LogP contribution in [0.1, 0.15) is 195 Å². The molecule has 2 rings (SSSR count). The highest BCUT2D eigenvalue weighted by atomic mass is 33.7. The van der Waals surface area contributed by atoms with Gasteiger partial charge in [0.15, 0.2) is 0 Å². The second-order valence-electron chi connectivity index (χ2n) is 13.8. The summed E-state index contributed by atoms with van der Waals surface area (Å²) in [7, 11) is 5.56. The Balaban J connectivity index is 1.36. The van der Waals surface area contributed by atoms with Gasteiger partial charge in [0.1, 0.15) is 0 Å². The molecule has 0 aromatic heterocycles. The zero-order valence-corrected chi connectivity index (χ0v) is 34.5. The molecule has 0 radical (unpaired) electrons. The first-order chi connectivity index (χ1) is 22.2. The van der Waals surface area contributed by atoms with Gasteiger partial charge in [-0.1, -0.05) is 163 Å². The van der Waals surface area contributed by atoms with Crippen molar-refractivity contribution < 1.29 is 13.3 Å². The Hall–Kier alpha value is 1.50. The van der Waals surface area contributed by atoms with Crippen LogP contribution in [0.4, 0.5) is 0 Å². The third-order valence-electron chi connectivity index (χ3n) is 10.1. The number of unbranched alkanes of at least 4 members (excludes halogenated alkanes) is 21. The number of fused-ring (bicyclic) bond motifs is 2. The molecule has 45 heavy (non-hydrogen) atoms. The van der Waals surface area contributed by atoms with E-state index in [4.69, 9.17) is 13.3 Å². The molecule has 2 bridgehead atoms. The SMILES string of the molecule is CCCCCCCCCCCCCCCCCCCCCCCCSSSSC12CCC(CC1[Si](OCC)(OCC)OCC)C2. The van der Waals surface area contributed by atoms with Gasteiger partial charge >= 0.3 is 8.80 Å². The molecule has 2 fully saturated rings. The molecular formula is C37H74O3S4Si. The van der Waals surface area contributed by atoms with Crippen LogP contribution < -0.4 is 0 Å². The van der Waals surface area contributed by atoms with Crippen molar-refractivity contribution in [3.63, 3.8) is 0 Å². The lowest BCUT2D eigenvalue weighted by Gasteiger charge is -2.42. The summed E-state index contributed by atoms with van der Waals surface area (Å²) >= 11 is 0. The summed E-state index contributed by atoms with van der Waals surface area (Å²) in [6.07, 6.45) is 37.2. The lowest BCUT2D eigenvalue weighted by molar-refractivity contribution is 0.0561. The summed E-state index contributed by atoms with van der Waals surface area (Å²) in [5.74, 6) is 2.12. The predicted octanol–water partition coefficient (Wildman–Crippen LogP) is 14.6. The normalized spacial score (nSPS) is 21.3. The van der Waals surface area contributed by atoms with Crippen molar-refractivity contribution in [1.29, 1.82) is 0 Å². The van der Waals surface area contributed by atoms with Gasteiger partial charge in [-0.3, -0.25) is 0 Å². The minimum atomic E-state index is -2.66. The van der Waals surface area contributed by atoms with Gasteiger partial charge in [0.25, 0.3) is 0 Å². The van der Waals surface area contributed by atoms with Gasteiger partial charge < -0.3 is 13.3 Å². The van der Waals surface area contributed by atoms with E-state index in [1.165, 1.54) is 173 Å². The van der Waals surface area contributed by atoms with Gasteiger partial charge in [-0.2, -0.15) is 0 Å². The summed E-state index contributed by atoms with van der Waals surface area (Å²) in [6.45, 7) is 10.6. The van der Waals surface area contributed by atoms with Crippen LogP contribution in [0.15, 0.2) is 0 Å². The van der Waals surface area contributed by atoms with Crippen LogP contribution in [0.2, 0.25) is 5.54 Å². The van der Waals surface area contributed by atoms with E-state index >= 15 is 0 Å². The van der Waals surface area contributed by atoms with Crippen LogP contribution in [0.3, 0.4) is 0 Å². The van der Waals surface area contributed by atoms with Crippen molar-refractivity contribution in [3.05, 3.63) is 0 Å². The minimum Gasteiger partial charge on any atom is -0.374 e. The zero-order valence-electron chi connectivity index (χ0n) is 30.2. The maximum absolute atomic E-state index is 6.39. The smallest absolute Gasteiger partial charge is 0.374 e. The summed E-state index contributed by atoms with van der Waals surface area (Å²) in [5, 5.41) is 0. The van der Waals surface area contributed by atoms with Gasteiger partial charge in [-0.25, -0.2) is 0 Å². The van der Waals surface area contributed by atoms with Gasteiger partial charge in [0.2, 0.25) is 0 Å². The van der Waals surface area contributed by atoms with Crippen molar-refractivity contribution in [2.24, 2.45) is 5.92 Å². The van der Waals surface area contributed by atoms with E-state index in [1.807, 2.05) is 19.7 Å². The van der Waals surface area contributed by atoms with Gasteiger partial charge in [-0.15, -0.1) is 0 Å². The average Bonchev–Trinajstić information content (AvgIpc) is 3.62. The van der Waals surface area contributed by atoms with Crippen LogP contribution in [-0.4, -0.2) is 39.1 Å². The molecule has 0 aliphatic heterocycles. The van der Waals surface area contributed by atoms with Crippen molar-refractivity contribution in [2.75, 3.05) is 25.6 Å². The molecule has 0 aromatic carbocycles. The molecule has 2 saturated carbocycles. The molecule has 0 aromatic rings. The van der Waals surface area contributed by atoms with Crippen LogP contribution in [-0.2, 0) is 13.3 Å². The Morgan fingerprint density at radius 3 is 1.38 bits per heavy atom. The zero-order chi connectivity index (χ0) is 32.3. The van der Waals surface area contributed by atoms with E-state index in [1.54, 1.807) is 0 Å². The number of hydrogen-bond acceptors (Lipinski definition) is 7. The fraction of sp³-hybridized carbons (Fsp3) is 1.00. The third-order valence-corrected chi connectivity index (χ3v) is 21.4. The first-order valence-electron chi connectivity index (χ1n) is 19.7. The first-order valence-corrected chi connectivity index (χ1v) is 26.5. The van der Waals surface area contributed by atoms with E-state index in [2.05, 4.69) is 49.3 Å². The van der Waals surface area contributed by atoms with Crippen molar-refractivity contribution >= 4 is 50.0 Å². The van der Waals surface area contributed by atoms with Crippen molar-refractivity contribution in [3.8, 4) is 0 Å². The Labute approximate surface area is 298 Å². The first kappa shape index (κ1) is 42.7. The van der Waals surface area contributed by atoms with E-state index in [0.717, 1.165) is 5.92 Å². The Kier molecular flexibility index (Phi) is 26.8. The fourth-order valence-corrected chi connectivity index (χ4v) is 19.7. The maximum atomic E-state index is 6.39. The lowest BCUT2D eigenvalue weighted by atomic mass is 9.99. The molecule has 3 unspecified atom stereocenters. The van der Waals surface area contributed by atoms with Gasteiger partial charge in [0.05, 0.1) is 0 Å². The molecule has 2 aliphatic carbocycles. The van der Waals surface area contributed by atoms with Crippen LogP contribution in [0, 0.1) is 5.92 Å². The highest BCUT2D eigenvalue weighted by molar-refractivity contribution is 9.26. The number of rotatable bonds is 34. The number of hydrogen-bond donors (Lipinski definition) is 0. The molecule has 8 heteroatoms. The van der Waals surface area contributed by atoms with E-state index in [-0.39, 0.29) is 4.75 Å².